The third-order valence-corrected chi connectivity index (χ3v) is 3.72. The molecule has 0 heterocycles. The molecule has 0 aromatic heterocycles. The smallest absolute Gasteiger partial charge is 0.124 e. The zero-order valence-electron chi connectivity index (χ0n) is 10.8. The van der Waals surface area contributed by atoms with E-state index in [1.54, 1.807) is 25.3 Å². The molecule has 19 heavy (non-hydrogen) atoms. The molecule has 0 spiro atoms. The Kier molecular flexibility index (Phi) is 4.04. The van der Waals surface area contributed by atoms with Crippen molar-refractivity contribution in [1.82, 2.24) is 0 Å². The van der Waals surface area contributed by atoms with Gasteiger partial charge in [-0.1, -0.05) is 41.4 Å². The Morgan fingerprint density at radius 2 is 1.74 bits per heavy atom. The van der Waals surface area contributed by atoms with Crippen LogP contribution in [0.1, 0.15) is 18.1 Å². The summed E-state index contributed by atoms with van der Waals surface area (Å²) in [7, 11) is 1.62. The third-order valence-electron chi connectivity index (χ3n) is 3.15. The molecule has 2 aromatic carbocycles. The van der Waals surface area contributed by atoms with Gasteiger partial charge in [-0.2, -0.15) is 0 Å². The molecule has 0 radical (unpaired) electrons. The lowest BCUT2D eigenvalue weighted by Crippen LogP contribution is -2.35. The number of rotatable bonds is 3. The lowest BCUT2D eigenvalue weighted by Gasteiger charge is -2.28. The number of halogens is 2. The first kappa shape index (κ1) is 14.2. The average molecular weight is 296 g/mol. The molecule has 0 aliphatic heterocycles. The SMILES string of the molecule is COc1ccccc1C(C)(N)c1cc(Cl)ccc1Cl. The summed E-state index contributed by atoms with van der Waals surface area (Å²) >= 11 is 12.3. The molecule has 0 aliphatic carbocycles. The van der Waals surface area contributed by atoms with Crippen molar-refractivity contribution in [2.45, 2.75) is 12.5 Å². The van der Waals surface area contributed by atoms with E-state index in [-0.39, 0.29) is 0 Å². The maximum Gasteiger partial charge on any atom is 0.124 e. The number of benzene rings is 2. The van der Waals surface area contributed by atoms with Gasteiger partial charge in [0.15, 0.2) is 0 Å². The first-order valence-electron chi connectivity index (χ1n) is 5.84. The van der Waals surface area contributed by atoms with Crippen molar-refractivity contribution in [3.05, 3.63) is 63.6 Å². The molecule has 1 atom stereocenters. The van der Waals surface area contributed by atoms with Crippen molar-refractivity contribution in [3.63, 3.8) is 0 Å². The van der Waals surface area contributed by atoms with Crippen LogP contribution in [0.25, 0.3) is 0 Å². The highest BCUT2D eigenvalue weighted by Crippen LogP contribution is 2.37. The molecular formula is C15H15Cl2NO. The average Bonchev–Trinajstić information content (AvgIpc) is 2.41. The Balaban J connectivity index is 2.61. The molecule has 0 bridgehead atoms. The minimum absolute atomic E-state index is 0.584. The highest BCUT2D eigenvalue weighted by Gasteiger charge is 2.29. The first-order valence-corrected chi connectivity index (χ1v) is 6.60. The van der Waals surface area contributed by atoms with Crippen molar-refractivity contribution in [2.24, 2.45) is 5.73 Å². The molecular weight excluding hydrogens is 281 g/mol. The first-order chi connectivity index (χ1) is 8.96. The van der Waals surface area contributed by atoms with Gasteiger partial charge in [-0.05, 0) is 36.8 Å². The highest BCUT2D eigenvalue weighted by atomic mass is 35.5. The topological polar surface area (TPSA) is 35.2 Å². The van der Waals surface area contributed by atoms with Crippen molar-refractivity contribution >= 4 is 23.2 Å². The minimum atomic E-state index is -0.783. The lowest BCUT2D eigenvalue weighted by molar-refractivity contribution is 0.399. The van der Waals surface area contributed by atoms with Gasteiger partial charge < -0.3 is 10.5 Å². The van der Waals surface area contributed by atoms with Crippen LogP contribution in [0.2, 0.25) is 10.0 Å². The van der Waals surface area contributed by atoms with Gasteiger partial charge in [0, 0.05) is 15.6 Å². The Morgan fingerprint density at radius 1 is 1.05 bits per heavy atom. The summed E-state index contributed by atoms with van der Waals surface area (Å²) < 4.78 is 5.37. The van der Waals surface area contributed by atoms with E-state index < -0.39 is 5.54 Å². The summed E-state index contributed by atoms with van der Waals surface area (Å²) in [6, 6.07) is 12.9. The van der Waals surface area contributed by atoms with Crippen LogP contribution in [0, 0.1) is 0 Å². The fraction of sp³-hybridized carbons (Fsp3) is 0.200. The second-order valence-electron chi connectivity index (χ2n) is 4.53. The van der Waals surface area contributed by atoms with E-state index in [1.807, 2.05) is 31.2 Å². The van der Waals surface area contributed by atoms with E-state index in [0.29, 0.717) is 10.0 Å². The van der Waals surface area contributed by atoms with E-state index in [9.17, 15) is 0 Å². The van der Waals surface area contributed by atoms with E-state index in [0.717, 1.165) is 16.9 Å². The van der Waals surface area contributed by atoms with Crippen LogP contribution in [0.4, 0.5) is 0 Å². The molecule has 0 saturated carbocycles. The molecule has 2 nitrogen and oxygen atoms in total. The standard InChI is InChI=1S/C15H15Cl2NO/c1-15(18,11-5-3-4-6-14(11)19-2)12-9-10(16)7-8-13(12)17/h3-9H,18H2,1-2H3. The summed E-state index contributed by atoms with van der Waals surface area (Å²) in [4.78, 5) is 0. The Labute approximate surface area is 123 Å². The number of hydrogen-bond acceptors (Lipinski definition) is 2. The summed E-state index contributed by atoms with van der Waals surface area (Å²) in [6.07, 6.45) is 0. The van der Waals surface area contributed by atoms with Gasteiger partial charge >= 0.3 is 0 Å². The lowest BCUT2D eigenvalue weighted by atomic mass is 9.85. The van der Waals surface area contributed by atoms with Gasteiger partial charge in [0.25, 0.3) is 0 Å². The Morgan fingerprint density at radius 3 is 2.42 bits per heavy atom. The van der Waals surface area contributed by atoms with Gasteiger partial charge in [-0.15, -0.1) is 0 Å². The molecule has 0 aliphatic rings. The Bertz CT molecular complexity index is 596. The number of hydrogen-bond donors (Lipinski definition) is 1. The van der Waals surface area contributed by atoms with Crippen LogP contribution in [-0.2, 0) is 5.54 Å². The second kappa shape index (κ2) is 5.41. The maximum atomic E-state index is 6.48. The number of methoxy groups -OCH3 is 1. The number of para-hydroxylation sites is 1. The quantitative estimate of drug-likeness (QED) is 0.920. The summed E-state index contributed by atoms with van der Waals surface area (Å²) in [5.74, 6) is 0.726. The monoisotopic (exact) mass is 295 g/mol. The molecule has 0 saturated heterocycles. The molecule has 0 fully saturated rings. The zero-order chi connectivity index (χ0) is 14.0. The molecule has 2 rings (SSSR count). The van der Waals surface area contributed by atoms with Crippen LogP contribution in [0.15, 0.2) is 42.5 Å². The fourth-order valence-electron chi connectivity index (χ4n) is 2.11. The van der Waals surface area contributed by atoms with Crippen molar-refractivity contribution < 1.29 is 4.74 Å². The normalized spacial score (nSPS) is 13.9. The predicted molar refractivity (Wildman–Crippen MR) is 80.1 cm³/mol. The molecule has 2 aromatic rings. The van der Waals surface area contributed by atoms with Crippen LogP contribution in [0.5, 0.6) is 5.75 Å². The summed E-state index contributed by atoms with van der Waals surface area (Å²) in [5, 5.41) is 1.19. The maximum absolute atomic E-state index is 6.48. The molecule has 100 valence electrons. The van der Waals surface area contributed by atoms with E-state index in [4.69, 9.17) is 33.7 Å². The predicted octanol–water partition coefficient (Wildman–Crippen LogP) is 4.22. The van der Waals surface area contributed by atoms with Crippen LogP contribution in [-0.4, -0.2) is 7.11 Å². The Hall–Kier alpha value is -1.22. The van der Waals surface area contributed by atoms with Gasteiger partial charge in [0.05, 0.1) is 12.6 Å². The van der Waals surface area contributed by atoms with E-state index in [2.05, 4.69) is 0 Å². The summed E-state index contributed by atoms with van der Waals surface area (Å²) in [5.41, 5.74) is 7.33. The molecule has 1 unspecified atom stereocenters. The third kappa shape index (κ3) is 2.71. The van der Waals surface area contributed by atoms with E-state index in [1.165, 1.54) is 0 Å². The van der Waals surface area contributed by atoms with Gasteiger partial charge in [0.2, 0.25) is 0 Å². The number of nitrogens with two attached hydrogens (primary N) is 1. The minimum Gasteiger partial charge on any atom is -0.496 e. The van der Waals surface area contributed by atoms with Crippen molar-refractivity contribution in [3.8, 4) is 5.75 Å². The fourth-order valence-corrected chi connectivity index (χ4v) is 2.60. The van der Waals surface area contributed by atoms with Crippen LogP contribution in [0.3, 0.4) is 0 Å². The van der Waals surface area contributed by atoms with Gasteiger partial charge in [-0.3, -0.25) is 0 Å². The van der Waals surface area contributed by atoms with Crippen molar-refractivity contribution in [1.29, 1.82) is 0 Å². The van der Waals surface area contributed by atoms with Crippen LogP contribution < -0.4 is 10.5 Å². The molecule has 0 amide bonds. The molecule has 2 N–H and O–H groups in total. The van der Waals surface area contributed by atoms with Gasteiger partial charge in [0.1, 0.15) is 5.75 Å². The number of ether oxygens (including phenoxy) is 1. The second-order valence-corrected chi connectivity index (χ2v) is 5.37. The van der Waals surface area contributed by atoms with E-state index >= 15 is 0 Å². The largest absolute Gasteiger partial charge is 0.496 e. The highest BCUT2D eigenvalue weighted by molar-refractivity contribution is 6.33. The van der Waals surface area contributed by atoms with Crippen LogP contribution >= 0.6 is 23.2 Å². The summed E-state index contributed by atoms with van der Waals surface area (Å²) in [6.45, 7) is 1.89. The zero-order valence-corrected chi connectivity index (χ0v) is 12.3. The molecule has 4 heteroatoms. The van der Waals surface area contributed by atoms with Crippen molar-refractivity contribution in [2.75, 3.05) is 7.11 Å². The van der Waals surface area contributed by atoms with Gasteiger partial charge in [-0.25, -0.2) is 0 Å².